The van der Waals surface area contributed by atoms with Crippen molar-refractivity contribution in [2.24, 2.45) is 0 Å². The third-order valence-corrected chi connectivity index (χ3v) is 4.97. The summed E-state index contributed by atoms with van der Waals surface area (Å²) in [4.78, 5) is 0. The van der Waals surface area contributed by atoms with Crippen LogP contribution in [-0.4, -0.2) is 70.9 Å². The molecule has 2 N–H and O–H groups in total. The van der Waals surface area contributed by atoms with Gasteiger partial charge in [-0.05, 0) is 12.1 Å². The molecule has 0 radical (unpaired) electrons. The van der Waals surface area contributed by atoms with Gasteiger partial charge in [0.1, 0.15) is 5.75 Å². The Labute approximate surface area is 210 Å². The Bertz CT molecular complexity index is 1100. The molecule has 1 rings (SSSR count). The SMILES string of the molecule is OB(O)Oc1ccccc1C(F)(F)C(F)(F)C(F)(F)C(F)(F)C(F)(F)C(F)(F)C(F)(F)C(F)(F)C(F)(F)C(F)(F)F. The van der Waals surface area contributed by atoms with E-state index in [-0.39, 0.29) is 12.1 Å². The summed E-state index contributed by atoms with van der Waals surface area (Å²) in [6.07, 6.45) is -8.05. The Kier molecular flexibility index (Phi) is 8.73. The molecule has 0 aliphatic rings. The number of benzene rings is 1. The fraction of sp³-hybridized carbons (Fsp3) is 0.625. The van der Waals surface area contributed by atoms with Crippen molar-refractivity contribution < 1.29 is 107 Å². The predicted molar refractivity (Wildman–Crippen MR) is 86.8 cm³/mol. The van der Waals surface area contributed by atoms with Crippen LogP contribution in [0.1, 0.15) is 5.56 Å². The smallest absolute Gasteiger partial charge is 0.512 e. The lowest BCUT2D eigenvalue weighted by atomic mass is 9.85. The van der Waals surface area contributed by atoms with Crippen molar-refractivity contribution in [2.45, 2.75) is 59.5 Å². The summed E-state index contributed by atoms with van der Waals surface area (Å²) >= 11 is 0. The quantitative estimate of drug-likeness (QED) is 0.204. The minimum absolute atomic E-state index is 0.0265. The van der Waals surface area contributed by atoms with Crippen LogP contribution in [0.15, 0.2) is 24.3 Å². The first-order valence-electron chi connectivity index (χ1n) is 9.25. The molecule has 3 nitrogen and oxygen atoms in total. The Hall–Kier alpha value is -2.47. The van der Waals surface area contributed by atoms with Gasteiger partial charge in [0.15, 0.2) is 0 Å². The van der Waals surface area contributed by atoms with Gasteiger partial charge in [-0.2, -0.15) is 92.2 Å². The minimum Gasteiger partial charge on any atom is -0.512 e. The van der Waals surface area contributed by atoms with Gasteiger partial charge in [-0.25, -0.2) is 0 Å². The Morgan fingerprint density at radius 1 is 0.439 bits per heavy atom. The van der Waals surface area contributed by atoms with Crippen molar-refractivity contribution in [2.75, 3.05) is 0 Å². The highest BCUT2D eigenvalue weighted by Gasteiger charge is 2.98. The molecule has 25 heteroatoms. The Morgan fingerprint density at radius 3 is 1.05 bits per heavy atom. The molecule has 0 aliphatic heterocycles. The number of halogens is 21. The van der Waals surface area contributed by atoms with Crippen molar-refractivity contribution >= 4 is 7.32 Å². The van der Waals surface area contributed by atoms with E-state index in [2.05, 4.69) is 4.65 Å². The van der Waals surface area contributed by atoms with Gasteiger partial charge in [-0.15, -0.1) is 0 Å². The molecule has 1 aromatic rings. The maximum Gasteiger partial charge on any atom is 0.707 e. The summed E-state index contributed by atoms with van der Waals surface area (Å²) in [5.41, 5.74) is -2.84. The number of hydrogen-bond donors (Lipinski definition) is 2. The van der Waals surface area contributed by atoms with Crippen LogP contribution in [0, 0.1) is 0 Å². The highest BCUT2D eigenvalue weighted by Crippen LogP contribution is 2.67. The summed E-state index contributed by atoms with van der Waals surface area (Å²) in [5.74, 6) is -80.4. The second kappa shape index (κ2) is 9.79. The van der Waals surface area contributed by atoms with E-state index in [1.807, 2.05) is 0 Å². The summed E-state index contributed by atoms with van der Waals surface area (Å²) in [5, 5.41) is 17.1. The van der Waals surface area contributed by atoms with Crippen LogP contribution in [0.5, 0.6) is 5.75 Å². The van der Waals surface area contributed by atoms with Gasteiger partial charge in [-0.3, -0.25) is 0 Å². The molecule has 0 saturated carbocycles. The van der Waals surface area contributed by atoms with E-state index >= 15 is 0 Å². The largest absolute Gasteiger partial charge is 0.707 e. The van der Waals surface area contributed by atoms with E-state index in [1.54, 1.807) is 0 Å². The third kappa shape index (κ3) is 4.78. The highest BCUT2D eigenvalue weighted by molar-refractivity contribution is 6.33. The van der Waals surface area contributed by atoms with Crippen LogP contribution in [0.2, 0.25) is 0 Å². The minimum atomic E-state index is -9.27. The molecule has 0 bridgehead atoms. The van der Waals surface area contributed by atoms with E-state index in [0.717, 1.165) is 0 Å². The van der Waals surface area contributed by atoms with Crippen molar-refractivity contribution in [3.8, 4) is 5.75 Å². The van der Waals surface area contributed by atoms with Crippen LogP contribution in [0.25, 0.3) is 0 Å². The van der Waals surface area contributed by atoms with Crippen LogP contribution in [0.4, 0.5) is 92.2 Å². The van der Waals surface area contributed by atoms with Crippen LogP contribution >= 0.6 is 0 Å². The third-order valence-electron chi connectivity index (χ3n) is 4.97. The summed E-state index contributed by atoms with van der Waals surface area (Å²) in [6.45, 7) is 0. The second-order valence-corrected chi connectivity index (χ2v) is 7.61. The van der Waals surface area contributed by atoms with Gasteiger partial charge in [0, 0.05) is 0 Å². The normalized spacial score (nSPS) is 15.7. The maximum atomic E-state index is 14.3. The van der Waals surface area contributed by atoms with Gasteiger partial charge in [-0.1, -0.05) is 12.1 Å². The van der Waals surface area contributed by atoms with Crippen molar-refractivity contribution in [3.05, 3.63) is 29.8 Å². The molecule has 0 fully saturated rings. The maximum absolute atomic E-state index is 14.3. The molecule has 0 saturated heterocycles. The predicted octanol–water partition coefficient (Wildman–Crippen LogP) is 6.77. The summed E-state index contributed by atoms with van der Waals surface area (Å²) in [7, 11) is -3.29. The molecule has 0 aliphatic carbocycles. The second-order valence-electron chi connectivity index (χ2n) is 7.61. The fourth-order valence-corrected chi connectivity index (χ4v) is 2.67. The molecule has 0 amide bonds. The van der Waals surface area contributed by atoms with Gasteiger partial charge in [0.25, 0.3) is 0 Å². The van der Waals surface area contributed by atoms with E-state index in [0.29, 0.717) is 6.07 Å². The highest BCUT2D eigenvalue weighted by atomic mass is 19.4. The summed E-state index contributed by atoms with van der Waals surface area (Å²) in [6, 6.07) is 0.0933. The van der Waals surface area contributed by atoms with Gasteiger partial charge >= 0.3 is 66.8 Å². The fourth-order valence-electron chi connectivity index (χ4n) is 2.67. The Balaban J connectivity index is 3.88. The topological polar surface area (TPSA) is 49.7 Å². The first-order valence-corrected chi connectivity index (χ1v) is 9.25. The molecular weight excluding hydrogens is 650 g/mol. The summed E-state index contributed by atoms with van der Waals surface area (Å²) < 4.78 is 286. The molecule has 0 unspecified atom stereocenters. The first-order chi connectivity index (χ1) is 17.7. The molecule has 238 valence electrons. The first kappa shape index (κ1) is 36.6. The number of para-hydroxylation sites is 1. The zero-order chi connectivity index (χ0) is 33.3. The van der Waals surface area contributed by atoms with Gasteiger partial charge < -0.3 is 14.7 Å². The van der Waals surface area contributed by atoms with Gasteiger partial charge in [0.05, 0.1) is 5.56 Å². The van der Waals surface area contributed by atoms with Crippen LogP contribution in [0.3, 0.4) is 0 Å². The molecule has 0 spiro atoms. The van der Waals surface area contributed by atoms with Crippen molar-refractivity contribution in [1.82, 2.24) is 0 Å². The molecule has 0 aromatic heterocycles. The van der Waals surface area contributed by atoms with E-state index < -0.39 is 84.2 Å². The number of hydrogen-bond acceptors (Lipinski definition) is 3. The average molecular weight is 656 g/mol. The molecule has 41 heavy (non-hydrogen) atoms. The van der Waals surface area contributed by atoms with Crippen molar-refractivity contribution in [1.29, 1.82) is 0 Å². The zero-order valence-electron chi connectivity index (χ0n) is 18.1. The molecular formula is C16H6BF21O3. The van der Waals surface area contributed by atoms with Crippen molar-refractivity contribution in [3.63, 3.8) is 0 Å². The average Bonchev–Trinajstić information content (AvgIpc) is 2.77. The lowest BCUT2D eigenvalue weighted by Gasteiger charge is -2.44. The van der Waals surface area contributed by atoms with E-state index in [9.17, 15) is 92.2 Å². The van der Waals surface area contributed by atoms with Crippen LogP contribution < -0.4 is 4.65 Å². The number of alkyl halides is 21. The van der Waals surface area contributed by atoms with E-state index in [1.165, 1.54) is 0 Å². The lowest BCUT2D eigenvalue weighted by molar-refractivity contribution is -0.474. The molecule has 0 heterocycles. The monoisotopic (exact) mass is 656 g/mol. The van der Waals surface area contributed by atoms with E-state index in [4.69, 9.17) is 10.0 Å². The Morgan fingerprint density at radius 2 is 0.732 bits per heavy atom. The lowest BCUT2D eigenvalue weighted by Crippen LogP contribution is -2.76. The van der Waals surface area contributed by atoms with Crippen LogP contribution in [-0.2, 0) is 5.92 Å². The standard InChI is InChI=1S/C16H6BF21O3/c18-7(19,5-3-1-2-4-6(5)41-17(39)40)8(20,21)9(22,23)10(24,25)11(26,27)12(28,29)13(30,31)14(32,33)15(34,35)16(36,37)38/h1-4,39-40H. The zero-order valence-corrected chi connectivity index (χ0v) is 18.1. The van der Waals surface area contributed by atoms with Gasteiger partial charge in [0.2, 0.25) is 0 Å². The molecule has 1 aromatic carbocycles. The molecule has 0 atom stereocenters. The number of rotatable bonds is 11.